The number of fused-ring (bicyclic) bond motifs is 4. The van der Waals surface area contributed by atoms with Crippen LogP contribution in [0.5, 0.6) is 17.2 Å². The van der Waals surface area contributed by atoms with Gasteiger partial charge in [0, 0.05) is 10.8 Å². The molecule has 6 rings (SSSR count). The molecule has 2 unspecified atom stereocenters. The zero-order chi connectivity index (χ0) is 31.4. The van der Waals surface area contributed by atoms with Crippen molar-refractivity contribution < 1.29 is 49.4 Å². The van der Waals surface area contributed by atoms with E-state index in [0.29, 0.717) is 17.1 Å². The van der Waals surface area contributed by atoms with Crippen molar-refractivity contribution >= 4 is 17.5 Å². The highest BCUT2D eigenvalue weighted by molar-refractivity contribution is 6.09. The Morgan fingerprint density at radius 2 is 1.74 bits per heavy atom. The summed E-state index contributed by atoms with van der Waals surface area (Å²) in [4.78, 5) is 40.7. The standard InChI is InChI=1S/C32H37NO10/c1-13(2)22-25(36)21(28(33)39)26(37)32(41)27(38)23-24(35)20-15(6-5-7-17(20)34)16(30(23,3)29(40)31(22,32)4)10-14-8-9-18-19(11-14)43-12-42-18/h5-9,11,13,16,21-23,25,27,29,34,36,38,40-41H,10,12H2,1-4H3,(H2,33,39)/t16-,21-,22+,23-,25?,27?,29-,30+,31+,32+/m1/s1. The number of hydrogen-bond acceptors (Lipinski definition) is 10. The molecule has 1 amide bonds. The summed E-state index contributed by atoms with van der Waals surface area (Å²) < 4.78 is 11.0. The summed E-state index contributed by atoms with van der Waals surface area (Å²) in [6, 6.07) is 9.95. The van der Waals surface area contributed by atoms with E-state index in [0.717, 1.165) is 5.56 Å². The number of benzene rings is 2. The maximum atomic E-state index is 14.3. The fourth-order valence-corrected chi connectivity index (χ4v) is 9.18. The number of rotatable bonds is 4. The minimum absolute atomic E-state index is 0.0638. The third-order valence-electron chi connectivity index (χ3n) is 11.1. The third-order valence-corrected chi connectivity index (χ3v) is 11.1. The number of aromatic hydroxyl groups is 1. The smallest absolute Gasteiger partial charge is 0.231 e. The zero-order valence-electron chi connectivity index (χ0n) is 24.4. The Labute approximate surface area is 248 Å². The van der Waals surface area contributed by atoms with Gasteiger partial charge in [-0.2, -0.15) is 0 Å². The highest BCUT2D eigenvalue weighted by atomic mass is 16.7. The molecule has 0 aromatic heterocycles. The summed E-state index contributed by atoms with van der Waals surface area (Å²) in [7, 11) is 0. The number of ketones is 2. The van der Waals surface area contributed by atoms with Crippen LogP contribution in [0, 0.1) is 34.5 Å². The summed E-state index contributed by atoms with van der Waals surface area (Å²) in [5.41, 5.74) is 0.320. The van der Waals surface area contributed by atoms with E-state index in [1.807, 2.05) is 6.07 Å². The number of aliphatic hydroxyl groups excluding tert-OH is 3. The predicted octanol–water partition coefficient (Wildman–Crippen LogP) is 1.06. The first-order valence-corrected chi connectivity index (χ1v) is 14.5. The predicted molar refractivity (Wildman–Crippen MR) is 150 cm³/mol. The lowest BCUT2D eigenvalue weighted by molar-refractivity contribution is -0.307. The topological polar surface area (TPSA) is 197 Å². The van der Waals surface area contributed by atoms with Gasteiger partial charge in [-0.25, -0.2) is 0 Å². The molecule has 1 aliphatic heterocycles. The number of Topliss-reactive ketones (excluding diaryl/α,β-unsaturated/α-hetero) is 2. The quantitative estimate of drug-likeness (QED) is 0.278. The zero-order valence-corrected chi connectivity index (χ0v) is 24.4. The van der Waals surface area contributed by atoms with Gasteiger partial charge in [0.25, 0.3) is 0 Å². The third kappa shape index (κ3) is 3.53. The van der Waals surface area contributed by atoms with Gasteiger partial charge in [0.2, 0.25) is 12.7 Å². The summed E-state index contributed by atoms with van der Waals surface area (Å²) in [6.45, 7) is 6.54. The van der Waals surface area contributed by atoms with Crippen LogP contribution >= 0.6 is 0 Å². The van der Waals surface area contributed by atoms with Crippen LogP contribution in [-0.4, -0.2) is 73.7 Å². The van der Waals surface area contributed by atoms with Crippen molar-refractivity contribution in [2.24, 2.45) is 40.2 Å². The number of carbonyl (C=O) groups excluding carboxylic acids is 3. The minimum atomic E-state index is -2.84. The van der Waals surface area contributed by atoms with Crippen LogP contribution in [-0.2, 0) is 16.0 Å². The number of carbonyl (C=O) groups is 3. The molecule has 1 heterocycles. The molecule has 0 radical (unpaired) electrons. The fraction of sp³-hybridized carbons (Fsp3) is 0.531. The average molecular weight is 596 g/mol. The molecular formula is C32H37NO10. The van der Waals surface area contributed by atoms with Crippen molar-refractivity contribution in [2.45, 2.75) is 63.9 Å². The second kappa shape index (κ2) is 9.49. The molecule has 11 nitrogen and oxygen atoms in total. The molecule has 10 atom stereocenters. The van der Waals surface area contributed by atoms with Crippen molar-refractivity contribution in [3.63, 3.8) is 0 Å². The van der Waals surface area contributed by atoms with Crippen LogP contribution in [0.4, 0.5) is 0 Å². The Hall–Kier alpha value is -3.51. The number of aliphatic hydroxyl groups is 4. The highest BCUT2D eigenvalue weighted by Gasteiger charge is 2.80. The normalized spacial score (nSPS) is 39.7. The lowest BCUT2D eigenvalue weighted by Gasteiger charge is -2.69. The Balaban J connectivity index is 1.61. The van der Waals surface area contributed by atoms with E-state index in [2.05, 4.69) is 0 Å². The molecule has 0 bridgehead atoms. The molecule has 2 aromatic rings. The van der Waals surface area contributed by atoms with Gasteiger partial charge in [-0.1, -0.05) is 45.9 Å². The van der Waals surface area contributed by atoms with Gasteiger partial charge in [0.15, 0.2) is 28.7 Å². The molecular weight excluding hydrogens is 558 g/mol. The maximum absolute atomic E-state index is 14.3. The number of primary amides is 1. The Bertz CT molecular complexity index is 1540. The van der Waals surface area contributed by atoms with E-state index in [1.54, 1.807) is 45.0 Å². The van der Waals surface area contributed by atoms with Crippen LogP contribution < -0.4 is 15.2 Å². The fourth-order valence-electron chi connectivity index (χ4n) is 9.18. The van der Waals surface area contributed by atoms with E-state index < -0.39 is 81.8 Å². The van der Waals surface area contributed by atoms with Crippen LogP contribution in [0.2, 0.25) is 0 Å². The molecule has 4 aliphatic rings. The highest BCUT2D eigenvalue weighted by Crippen LogP contribution is 2.68. The number of phenolic OH excluding ortho intramolecular Hbond substituents is 1. The van der Waals surface area contributed by atoms with Crippen molar-refractivity contribution in [1.29, 1.82) is 0 Å². The van der Waals surface area contributed by atoms with Gasteiger partial charge in [-0.15, -0.1) is 0 Å². The molecule has 2 aromatic carbocycles. The molecule has 43 heavy (non-hydrogen) atoms. The van der Waals surface area contributed by atoms with Crippen LogP contribution in [0.3, 0.4) is 0 Å². The molecule has 7 N–H and O–H groups in total. The van der Waals surface area contributed by atoms with Crippen LogP contribution in [0.15, 0.2) is 36.4 Å². The molecule has 0 saturated heterocycles. The minimum Gasteiger partial charge on any atom is -0.507 e. The first-order chi connectivity index (χ1) is 20.1. The van der Waals surface area contributed by atoms with Crippen LogP contribution in [0.25, 0.3) is 0 Å². The van der Waals surface area contributed by atoms with E-state index >= 15 is 0 Å². The number of hydrogen-bond donors (Lipinski definition) is 6. The number of phenols is 1. The van der Waals surface area contributed by atoms with Crippen LogP contribution in [0.1, 0.15) is 55.1 Å². The van der Waals surface area contributed by atoms with Gasteiger partial charge >= 0.3 is 0 Å². The summed E-state index contributed by atoms with van der Waals surface area (Å²) in [6.07, 6.45) is -5.25. The summed E-state index contributed by atoms with van der Waals surface area (Å²) in [5.74, 6) is -8.25. The van der Waals surface area contributed by atoms with Gasteiger partial charge in [-0.05, 0) is 53.5 Å². The Kier molecular flexibility index (Phi) is 6.53. The second-order valence-electron chi connectivity index (χ2n) is 13.3. The second-order valence-corrected chi connectivity index (χ2v) is 13.3. The van der Waals surface area contributed by atoms with Gasteiger partial charge in [0.05, 0.1) is 23.7 Å². The average Bonchev–Trinajstić information content (AvgIpc) is 3.40. The van der Waals surface area contributed by atoms with E-state index in [9.17, 15) is 39.9 Å². The van der Waals surface area contributed by atoms with E-state index in [4.69, 9.17) is 15.2 Å². The number of nitrogens with two attached hydrogens (primary N) is 1. The SMILES string of the molecule is CC(C)[C@H]1C(O)[C@@H](C(N)=O)C(=O)[C@]2(O)C(O)[C@H]3C(=O)c4c(O)cccc4[C@@H](Cc4ccc5c(c4)OCO5)[C@]3(C)[C@@H](O)[C@]12C. The van der Waals surface area contributed by atoms with Crippen molar-refractivity contribution in [2.75, 3.05) is 6.79 Å². The van der Waals surface area contributed by atoms with Gasteiger partial charge in [0.1, 0.15) is 17.8 Å². The van der Waals surface area contributed by atoms with Crippen molar-refractivity contribution in [3.05, 3.63) is 53.1 Å². The molecule has 11 heteroatoms. The summed E-state index contributed by atoms with van der Waals surface area (Å²) in [5, 5.41) is 59.4. The largest absolute Gasteiger partial charge is 0.507 e. The summed E-state index contributed by atoms with van der Waals surface area (Å²) >= 11 is 0. The number of ether oxygens (including phenoxy) is 2. The molecule has 0 spiro atoms. The monoisotopic (exact) mass is 595 g/mol. The van der Waals surface area contributed by atoms with Gasteiger partial charge in [-0.3, -0.25) is 14.4 Å². The Morgan fingerprint density at radius 1 is 1.07 bits per heavy atom. The Morgan fingerprint density at radius 3 is 2.40 bits per heavy atom. The van der Waals surface area contributed by atoms with E-state index in [-0.39, 0.29) is 24.5 Å². The molecule has 2 saturated carbocycles. The van der Waals surface area contributed by atoms with Gasteiger partial charge < -0.3 is 40.7 Å². The molecule has 230 valence electrons. The van der Waals surface area contributed by atoms with Crippen molar-refractivity contribution in [1.82, 2.24) is 0 Å². The van der Waals surface area contributed by atoms with Crippen molar-refractivity contribution in [3.8, 4) is 17.2 Å². The number of amides is 1. The lowest BCUT2D eigenvalue weighted by atomic mass is 9.36. The van der Waals surface area contributed by atoms with E-state index in [1.165, 1.54) is 13.0 Å². The first kappa shape index (κ1) is 29.6. The molecule has 2 fully saturated rings. The first-order valence-electron chi connectivity index (χ1n) is 14.5. The molecule has 3 aliphatic carbocycles. The lowest BCUT2D eigenvalue weighted by Crippen LogP contribution is -2.83. The maximum Gasteiger partial charge on any atom is 0.231 e.